The Morgan fingerprint density at radius 1 is 1.65 bits per heavy atom. The minimum absolute atomic E-state index is 0.153. The molecule has 0 saturated carbocycles. The Labute approximate surface area is 100 Å². The van der Waals surface area contributed by atoms with Crippen LogP contribution in [0.3, 0.4) is 0 Å². The van der Waals surface area contributed by atoms with E-state index in [1.54, 1.807) is 10.9 Å². The van der Waals surface area contributed by atoms with Gasteiger partial charge in [-0.1, -0.05) is 19.8 Å². The number of hydrogen-bond donors (Lipinski definition) is 3. The van der Waals surface area contributed by atoms with Crippen LogP contribution in [0.5, 0.6) is 0 Å². The summed E-state index contributed by atoms with van der Waals surface area (Å²) in [6.45, 7) is 6.02. The number of aromatic nitrogens is 2. The van der Waals surface area contributed by atoms with Crippen molar-refractivity contribution in [1.82, 2.24) is 15.1 Å². The second kappa shape index (κ2) is 5.93. The molecule has 0 saturated heterocycles. The smallest absolute Gasteiger partial charge is 0.263 e. The van der Waals surface area contributed by atoms with Crippen LogP contribution >= 0.6 is 0 Å². The molecule has 0 aliphatic carbocycles. The van der Waals surface area contributed by atoms with E-state index in [2.05, 4.69) is 23.9 Å². The van der Waals surface area contributed by atoms with Crippen LogP contribution < -0.4 is 11.1 Å². The number of unbranched alkanes of at least 4 members (excludes halogenated alkanes) is 2. The van der Waals surface area contributed by atoms with Gasteiger partial charge in [0, 0.05) is 12.7 Å². The lowest BCUT2D eigenvalue weighted by Gasteiger charge is -2.00. The molecular weight excluding hydrogens is 220 g/mol. The lowest BCUT2D eigenvalue weighted by Crippen LogP contribution is -2.22. The quantitative estimate of drug-likeness (QED) is 0.516. The number of carbonyl (C=O) groups is 1. The predicted molar refractivity (Wildman–Crippen MR) is 65.4 cm³/mol. The maximum Gasteiger partial charge on any atom is 0.263 e. The first-order valence-electron chi connectivity index (χ1n) is 5.56. The van der Waals surface area contributed by atoms with Crippen molar-refractivity contribution < 1.29 is 9.90 Å². The van der Waals surface area contributed by atoms with E-state index < -0.39 is 11.8 Å². The van der Waals surface area contributed by atoms with Crippen LogP contribution in [-0.2, 0) is 6.54 Å². The van der Waals surface area contributed by atoms with Crippen molar-refractivity contribution in [2.24, 2.45) is 0 Å². The van der Waals surface area contributed by atoms with Gasteiger partial charge in [0.05, 0.1) is 0 Å². The molecule has 1 heterocycles. The molecule has 0 fully saturated rings. The Balaban J connectivity index is 2.67. The highest BCUT2D eigenvalue weighted by molar-refractivity contribution is 5.98. The number of nitrogens with zero attached hydrogens (tertiary/aromatic N) is 2. The van der Waals surface area contributed by atoms with Gasteiger partial charge in [-0.2, -0.15) is 5.10 Å². The topological polar surface area (TPSA) is 93.2 Å². The van der Waals surface area contributed by atoms with Crippen LogP contribution in [0.25, 0.3) is 0 Å². The van der Waals surface area contributed by atoms with Gasteiger partial charge in [0.1, 0.15) is 5.56 Å². The van der Waals surface area contributed by atoms with E-state index in [9.17, 15) is 4.79 Å². The minimum Gasteiger partial charge on any atom is -0.495 e. The Kier molecular flexibility index (Phi) is 4.56. The van der Waals surface area contributed by atoms with Gasteiger partial charge < -0.3 is 10.8 Å². The Morgan fingerprint density at radius 3 is 2.94 bits per heavy atom. The molecule has 0 aliphatic rings. The average molecular weight is 238 g/mol. The number of rotatable bonds is 6. The number of nitrogens with two attached hydrogens (primary N) is 1. The summed E-state index contributed by atoms with van der Waals surface area (Å²) in [5.41, 5.74) is 5.87. The number of hydrogen-bond acceptors (Lipinski definition) is 4. The molecule has 0 radical (unpaired) electrons. The van der Waals surface area contributed by atoms with Gasteiger partial charge in [-0.25, -0.2) is 0 Å². The molecule has 1 amide bonds. The van der Waals surface area contributed by atoms with E-state index in [4.69, 9.17) is 10.8 Å². The minimum atomic E-state index is -0.503. The highest BCUT2D eigenvalue weighted by Crippen LogP contribution is 2.10. The molecule has 94 valence electrons. The zero-order valence-corrected chi connectivity index (χ0v) is 9.94. The van der Waals surface area contributed by atoms with Gasteiger partial charge in [-0.05, 0) is 13.0 Å². The number of nitrogens with one attached hydrogen (secondary N) is 1. The van der Waals surface area contributed by atoms with Crippen molar-refractivity contribution in [3.63, 3.8) is 0 Å². The number of aryl methyl sites for hydroxylation is 1. The SMILES string of the molecule is C=C(O)NC(=O)c1cn(CCCCC)nc1N. The van der Waals surface area contributed by atoms with E-state index in [-0.39, 0.29) is 11.4 Å². The molecule has 1 aromatic rings. The second-order valence-electron chi connectivity index (χ2n) is 3.80. The summed E-state index contributed by atoms with van der Waals surface area (Å²) in [6, 6.07) is 0. The monoisotopic (exact) mass is 238 g/mol. The zero-order valence-electron chi connectivity index (χ0n) is 9.94. The maximum absolute atomic E-state index is 11.6. The fourth-order valence-electron chi connectivity index (χ4n) is 1.45. The van der Waals surface area contributed by atoms with Crippen LogP contribution in [-0.4, -0.2) is 20.8 Å². The Hall–Kier alpha value is -1.98. The van der Waals surface area contributed by atoms with E-state index in [0.717, 1.165) is 25.8 Å². The predicted octanol–water partition coefficient (Wildman–Crippen LogP) is 1.41. The first-order valence-corrected chi connectivity index (χ1v) is 5.56. The number of amides is 1. The third-order valence-electron chi connectivity index (χ3n) is 2.28. The first kappa shape index (κ1) is 13.1. The third kappa shape index (κ3) is 3.82. The lowest BCUT2D eigenvalue weighted by molar-refractivity contribution is 0.0948. The highest BCUT2D eigenvalue weighted by atomic mass is 16.3. The number of aliphatic hydroxyl groups excluding tert-OH is 1. The molecule has 6 heteroatoms. The molecule has 6 nitrogen and oxygen atoms in total. The summed E-state index contributed by atoms with van der Waals surface area (Å²) >= 11 is 0. The summed E-state index contributed by atoms with van der Waals surface area (Å²) in [5, 5.41) is 15.1. The van der Waals surface area contributed by atoms with Gasteiger partial charge in [0.25, 0.3) is 5.91 Å². The van der Waals surface area contributed by atoms with Gasteiger partial charge >= 0.3 is 0 Å². The van der Waals surface area contributed by atoms with Crippen LogP contribution in [0.15, 0.2) is 18.7 Å². The summed E-state index contributed by atoms with van der Waals surface area (Å²) in [7, 11) is 0. The molecule has 1 aromatic heterocycles. The van der Waals surface area contributed by atoms with Crippen molar-refractivity contribution in [2.75, 3.05) is 5.73 Å². The lowest BCUT2D eigenvalue weighted by atomic mass is 10.2. The molecule has 1 rings (SSSR count). The summed E-state index contributed by atoms with van der Waals surface area (Å²) in [5.74, 6) is -0.759. The molecule has 0 unspecified atom stereocenters. The number of carbonyl (C=O) groups excluding carboxylic acids is 1. The van der Waals surface area contributed by atoms with E-state index in [1.807, 2.05) is 0 Å². The number of anilines is 1. The third-order valence-corrected chi connectivity index (χ3v) is 2.28. The van der Waals surface area contributed by atoms with Crippen LogP contribution in [0.4, 0.5) is 5.82 Å². The van der Waals surface area contributed by atoms with E-state index in [0.29, 0.717) is 0 Å². The van der Waals surface area contributed by atoms with Crippen molar-refractivity contribution >= 4 is 11.7 Å². The average Bonchev–Trinajstić information content (AvgIpc) is 2.59. The zero-order chi connectivity index (χ0) is 12.8. The normalized spacial score (nSPS) is 10.2. The number of aliphatic hydroxyl groups is 1. The molecule has 0 atom stereocenters. The fraction of sp³-hybridized carbons (Fsp3) is 0.455. The molecule has 0 spiro atoms. The van der Waals surface area contributed by atoms with Crippen LogP contribution in [0, 0.1) is 0 Å². The maximum atomic E-state index is 11.6. The van der Waals surface area contributed by atoms with Crippen molar-refractivity contribution in [2.45, 2.75) is 32.7 Å². The summed E-state index contributed by atoms with van der Waals surface area (Å²) < 4.78 is 1.64. The Bertz CT molecular complexity index is 412. The second-order valence-corrected chi connectivity index (χ2v) is 3.80. The van der Waals surface area contributed by atoms with Crippen molar-refractivity contribution in [1.29, 1.82) is 0 Å². The molecule has 0 aromatic carbocycles. The fourth-order valence-corrected chi connectivity index (χ4v) is 1.45. The molecule has 0 bridgehead atoms. The molecular formula is C11H18N4O2. The standard InChI is InChI=1S/C11H18N4O2/c1-3-4-5-6-15-7-9(10(12)14-15)11(17)13-8(2)16/h7,16H,2-6H2,1H3,(H2,12,14)(H,13,17). The molecule has 0 aliphatic heterocycles. The van der Waals surface area contributed by atoms with Gasteiger partial charge in [-0.15, -0.1) is 0 Å². The summed E-state index contributed by atoms with van der Waals surface area (Å²) in [4.78, 5) is 11.6. The molecule has 17 heavy (non-hydrogen) atoms. The highest BCUT2D eigenvalue weighted by Gasteiger charge is 2.14. The first-order chi connectivity index (χ1) is 8.04. The van der Waals surface area contributed by atoms with E-state index >= 15 is 0 Å². The van der Waals surface area contributed by atoms with Gasteiger partial charge in [0.2, 0.25) is 0 Å². The van der Waals surface area contributed by atoms with Crippen LogP contribution in [0.2, 0.25) is 0 Å². The van der Waals surface area contributed by atoms with E-state index in [1.165, 1.54) is 0 Å². The molecule has 4 N–H and O–H groups in total. The van der Waals surface area contributed by atoms with Crippen molar-refractivity contribution in [3.8, 4) is 0 Å². The van der Waals surface area contributed by atoms with Crippen molar-refractivity contribution in [3.05, 3.63) is 24.2 Å². The Morgan fingerprint density at radius 2 is 2.35 bits per heavy atom. The number of nitrogen functional groups attached to an aromatic ring is 1. The van der Waals surface area contributed by atoms with Gasteiger partial charge in [-0.3, -0.25) is 14.8 Å². The largest absolute Gasteiger partial charge is 0.495 e. The van der Waals surface area contributed by atoms with Crippen LogP contribution in [0.1, 0.15) is 36.5 Å². The summed E-state index contributed by atoms with van der Waals surface area (Å²) in [6.07, 6.45) is 4.79. The van der Waals surface area contributed by atoms with Gasteiger partial charge in [0.15, 0.2) is 11.7 Å².